The standard InChI is InChI=1S/C13H22N2O4/c1-13(2,7-12(18)19)6-10(16)14-9-4-5-11(17)15(3)8-9/h9H,4-8H2,1-3H3,(H,14,16)(H,18,19). The average Bonchev–Trinajstić information content (AvgIpc) is 2.20. The summed E-state index contributed by atoms with van der Waals surface area (Å²) in [5, 5.41) is 11.6. The number of carboxylic acids is 1. The lowest BCUT2D eigenvalue weighted by atomic mass is 9.85. The van der Waals surface area contributed by atoms with Gasteiger partial charge in [0.25, 0.3) is 0 Å². The number of hydrogen-bond donors (Lipinski definition) is 2. The first-order valence-electron chi connectivity index (χ1n) is 6.45. The molecule has 1 rings (SSSR count). The molecule has 108 valence electrons. The van der Waals surface area contributed by atoms with Crippen LogP contribution >= 0.6 is 0 Å². The Hall–Kier alpha value is -1.59. The van der Waals surface area contributed by atoms with Crippen molar-refractivity contribution in [2.24, 2.45) is 5.41 Å². The van der Waals surface area contributed by atoms with Gasteiger partial charge in [0.05, 0.1) is 6.42 Å². The van der Waals surface area contributed by atoms with Crippen LogP contribution in [-0.2, 0) is 14.4 Å². The molecule has 0 saturated carbocycles. The number of aliphatic carboxylic acids is 1. The topological polar surface area (TPSA) is 86.7 Å². The molecule has 0 spiro atoms. The first-order chi connectivity index (χ1) is 8.69. The Kier molecular flexibility index (Phi) is 4.91. The number of hydrogen-bond acceptors (Lipinski definition) is 3. The van der Waals surface area contributed by atoms with E-state index in [1.54, 1.807) is 25.8 Å². The van der Waals surface area contributed by atoms with Crippen molar-refractivity contribution in [3.8, 4) is 0 Å². The number of nitrogens with one attached hydrogen (secondary N) is 1. The molecule has 1 unspecified atom stereocenters. The van der Waals surface area contributed by atoms with E-state index in [2.05, 4.69) is 5.32 Å². The van der Waals surface area contributed by atoms with E-state index >= 15 is 0 Å². The Labute approximate surface area is 113 Å². The summed E-state index contributed by atoms with van der Waals surface area (Å²) >= 11 is 0. The highest BCUT2D eigenvalue weighted by Crippen LogP contribution is 2.25. The lowest BCUT2D eigenvalue weighted by Gasteiger charge is -2.31. The van der Waals surface area contributed by atoms with E-state index < -0.39 is 11.4 Å². The van der Waals surface area contributed by atoms with Gasteiger partial charge in [-0.05, 0) is 11.8 Å². The Morgan fingerprint density at radius 2 is 2.05 bits per heavy atom. The highest BCUT2D eigenvalue weighted by molar-refractivity contribution is 5.80. The largest absolute Gasteiger partial charge is 0.481 e. The minimum Gasteiger partial charge on any atom is -0.481 e. The van der Waals surface area contributed by atoms with Gasteiger partial charge in [0, 0.05) is 32.5 Å². The maximum Gasteiger partial charge on any atom is 0.303 e. The quantitative estimate of drug-likeness (QED) is 0.766. The fourth-order valence-corrected chi connectivity index (χ4v) is 2.32. The van der Waals surface area contributed by atoms with Crippen molar-refractivity contribution in [3.05, 3.63) is 0 Å². The number of piperidine rings is 1. The summed E-state index contributed by atoms with van der Waals surface area (Å²) in [6.07, 6.45) is 1.23. The molecule has 1 heterocycles. The first-order valence-corrected chi connectivity index (χ1v) is 6.45. The van der Waals surface area contributed by atoms with Gasteiger partial charge in [-0.2, -0.15) is 0 Å². The van der Waals surface area contributed by atoms with E-state index in [0.717, 1.165) is 0 Å². The molecule has 1 aliphatic heterocycles. The Morgan fingerprint density at radius 1 is 1.42 bits per heavy atom. The van der Waals surface area contributed by atoms with E-state index in [1.807, 2.05) is 0 Å². The Balaban J connectivity index is 2.43. The van der Waals surface area contributed by atoms with Crippen LogP contribution < -0.4 is 5.32 Å². The number of likely N-dealkylation sites (tertiary alicyclic amines) is 1. The Morgan fingerprint density at radius 3 is 2.58 bits per heavy atom. The summed E-state index contributed by atoms with van der Waals surface area (Å²) in [5.41, 5.74) is -0.563. The van der Waals surface area contributed by atoms with Crippen LogP contribution in [0.1, 0.15) is 39.5 Å². The van der Waals surface area contributed by atoms with Crippen LogP contribution in [0.2, 0.25) is 0 Å². The van der Waals surface area contributed by atoms with Gasteiger partial charge in [-0.3, -0.25) is 14.4 Å². The number of carbonyl (C=O) groups is 3. The normalized spacial score (nSPS) is 20.3. The first kappa shape index (κ1) is 15.5. The molecule has 0 radical (unpaired) electrons. The molecule has 6 heteroatoms. The zero-order valence-electron chi connectivity index (χ0n) is 11.7. The molecule has 6 nitrogen and oxygen atoms in total. The summed E-state index contributed by atoms with van der Waals surface area (Å²) < 4.78 is 0. The van der Waals surface area contributed by atoms with Gasteiger partial charge in [0.15, 0.2) is 0 Å². The van der Waals surface area contributed by atoms with E-state index in [0.29, 0.717) is 19.4 Å². The molecule has 0 bridgehead atoms. The maximum atomic E-state index is 11.9. The minimum absolute atomic E-state index is 0.0316. The number of nitrogens with zero attached hydrogens (tertiary/aromatic N) is 1. The molecule has 0 aromatic rings. The van der Waals surface area contributed by atoms with Crippen LogP contribution in [0, 0.1) is 5.41 Å². The second-order valence-corrected chi connectivity index (χ2v) is 5.99. The second-order valence-electron chi connectivity index (χ2n) is 5.99. The molecule has 2 amide bonds. The summed E-state index contributed by atoms with van der Waals surface area (Å²) in [5.74, 6) is -0.962. The van der Waals surface area contributed by atoms with Crippen molar-refractivity contribution >= 4 is 17.8 Å². The molecule has 1 aliphatic rings. The van der Waals surface area contributed by atoms with Gasteiger partial charge < -0.3 is 15.3 Å². The van der Waals surface area contributed by atoms with Crippen molar-refractivity contribution in [1.82, 2.24) is 10.2 Å². The summed E-state index contributed by atoms with van der Waals surface area (Å²) in [6.45, 7) is 4.04. The third-order valence-electron chi connectivity index (χ3n) is 3.26. The smallest absolute Gasteiger partial charge is 0.303 e. The van der Waals surface area contributed by atoms with Crippen LogP contribution in [0.15, 0.2) is 0 Å². The van der Waals surface area contributed by atoms with Crippen LogP contribution in [0.4, 0.5) is 0 Å². The molecule has 1 fully saturated rings. The summed E-state index contributed by atoms with van der Waals surface area (Å²) in [4.78, 5) is 35.5. The molecule has 0 aliphatic carbocycles. The van der Waals surface area contributed by atoms with Crippen molar-refractivity contribution in [3.63, 3.8) is 0 Å². The predicted molar refractivity (Wildman–Crippen MR) is 69.5 cm³/mol. The maximum absolute atomic E-state index is 11.9. The molecule has 2 N–H and O–H groups in total. The predicted octanol–water partition coefficient (Wildman–Crippen LogP) is 0.614. The van der Waals surface area contributed by atoms with Crippen molar-refractivity contribution in [2.75, 3.05) is 13.6 Å². The van der Waals surface area contributed by atoms with Crippen molar-refractivity contribution < 1.29 is 19.5 Å². The van der Waals surface area contributed by atoms with Gasteiger partial charge in [-0.1, -0.05) is 13.8 Å². The third kappa shape index (κ3) is 5.28. The lowest BCUT2D eigenvalue weighted by molar-refractivity contribution is -0.140. The van der Waals surface area contributed by atoms with Gasteiger partial charge in [0.1, 0.15) is 0 Å². The zero-order valence-corrected chi connectivity index (χ0v) is 11.7. The van der Waals surface area contributed by atoms with E-state index in [1.165, 1.54) is 0 Å². The number of carboxylic acid groups (broad SMARTS) is 1. The summed E-state index contributed by atoms with van der Waals surface area (Å²) in [7, 11) is 1.72. The highest BCUT2D eigenvalue weighted by atomic mass is 16.4. The molecule has 1 atom stereocenters. The molecule has 1 saturated heterocycles. The lowest BCUT2D eigenvalue weighted by Crippen LogP contribution is -2.49. The van der Waals surface area contributed by atoms with Crippen LogP contribution in [0.3, 0.4) is 0 Å². The van der Waals surface area contributed by atoms with Crippen molar-refractivity contribution in [1.29, 1.82) is 0 Å². The van der Waals surface area contributed by atoms with Crippen molar-refractivity contribution in [2.45, 2.75) is 45.6 Å². The van der Waals surface area contributed by atoms with Gasteiger partial charge in [-0.15, -0.1) is 0 Å². The minimum atomic E-state index is -0.902. The highest BCUT2D eigenvalue weighted by Gasteiger charge is 2.28. The molecule has 0 aromatic heterocycles. The van der Waals surface area contributed by atoms with Crippen LogP contribution in [0.5, 0.6) is 0 Å². The third-order valence-corrected chi connectivity index (χ3v) is 3.26. The summed E-state index contributed by atoms with van der Waals surface area (Å²) in [6, 6.07) is -0.0316. The second kappa shape index (κ2) is 6.04. The molecular formula is C13H22N2O4. The number of amides is 2. The van der Waals surface area contributed by atoms with E-state index in [9.17, 15) is 14.4 Å². The number of carbonyl (C=O) groups excluding carboxylic acids is 2. The SMILES string of the molecule is CN1CC(NC(=O)CC(C)(C)CC(=O)O)CCC1=O. The monoisotopic (exact) mass is 270 g/mol. The molecule has 0 aromatic carbocycles. The fraction of sp³-hybridized carbons (Fsp3) is 0.769. The van der Waals surface area contributed by atoms with Gasteiger partial charge in [-0.25, -0.2) is 0 Å². The zero-order chi connectivity index (χ0) is 14.6. The Bertz CT molecular complexity index is 379. The van der Waals surface area contributed by atoms with E-state index in [-0.39, 0.29) is 30.7 Å². The van der Waals surface area contributed by atoms with Gasteiger partial charge in [0.2, 0.25) is 11.8 Å². The van der Waals surface area contributed by atoms with E-state index in [4.69, 9.17) is 5.11 Å². The molecule has 19 heavy (non-hydrogen) atoms. The average molecular weight is 270 g/mol. The molecular weight excluding hydrogens is 248 g/mol. The van der Waals surface area contributed by atoms with Crippen LogP contribution in [-0.4, -0.2) is 47.4 Å². The number of likely N-dealkylation sites (N-methyl/N-ethyl adjacent to an activating group) is 1. The van der Waals surface area contributed by atoms with Gasteiger partial charge >= 0.3 is 5.97 Å². The fourth-order valence-electron chi connectivity index (χ4n) is 2.32. The number of rotatable bonds is 5. The van der Waals surface area contributed by atoms with Crippen LogP contribution in [0.25, 0.3) is 0 Å².